The van der Waals surface area contributed by atoms with Crippen molar-refractivity contribution in [1.82, 2.24) is 0 Å². The summed E-state index contributed by atoms with van der Waals surface area (Å²) in [6, 6.07) is 6.91. The van der Waals surface area contributed by atoms with Crippen LogP contribution in [0.25, 0.3) is 0 Å². The number of halogens is 1. The number of nitrogens with two attached hydrogens (primary N) is 1. The molecule has 0 heterocycles. The van der Waals surface area contributed by atoms with Gasteiger partial charge in [-0.3, -0.25) is 0 Å². The second-order valence-corrected chi connectivity index (χ2v) is 3.72. The Hall–Kier alpha value is -1.24. The van der Waals surface area contributed by atoms with Gasteiger partial charge in [-0.05, 0) is 30.7 Å². The van der Waals surface area contributed by atoms with Crippen LogP contribution in [0.4, 0.5) is 0 Å². The zero-order valence-corrected chi connectivity index (χ0v) is 9.29. The highest BCUT2D eigenvalue weighted by atomic mass is 35.5. The molecule has 0 aliphatic rings. The van der Waals surface area contributed by atoms with Gasteiger partial charge in [0.2, 0.25) is 0 Å². The van der Waals surface area contributed by atoms with E-state index in [-0.39, 0.29) is 0 Å². The fourth-order valence-corrected chi connectivity index (χ4v) is 1.36. The van der Waals surface area contributed by atoms with E-state index >= 15 is 0 Å². The third kappa shape index (κ3) is 3.78. The highest BCUT2D eigenvalue weighted by Gasteiger charge is 2.02. The molecule has 0 fully saturated rings. The summed E-state index contributed by atoms with van der Waals surface area (Å²) in [6.07, 6.45) is 0.526. The Morgan fingerprint density at radius 2 is 2.33 bits per heavy atom. The molecule has 1 unspecified atom stereocenters. The third-order valence-electron chi connectivity index (χ3n) is 1.99. The molecule has 0 aromatic heterocycles. The van der Waals surface area contributed by atoms with E-state index in [1.807, 2.05) is 25.1 Å². The lowest BCUT2D eigenvalue weighted by atomic mass is 10.2. The fraction of sp³-hybridized carbons (Fsp3) is 0.364. The Balaban J connectivity index is 2.48. The number of ether oxygens (including phenoxy) is 1. The molecule has 15 heavy (non-hydrogen) atoms. The summed E-state index contributed by atoms with van der Waals surface area (Å²) in [7, 11) is 0. The average molecular weight is 225 g/mol. The number of hydrogen-bond acceptors (Lipinski definition) is 3. The molecule has 0 spiro atoms. The molecule has 1 aromatic carbocycles. The summed E-state index contributed by atoms with van der Waals surface area (Å²) in [5, 5.41) is 9.16. The normalized spacial score (nSPS) is 11.9. The van der Waals surface area contributed by atoms with Crippen molar-refractivity contribution in [3.05, 3.63) is 28.8 Å². The minimum absolute atomic E-state index is 0.442. The lowest BCUT2D eigenvalue weighted by Crippen LogP contribution is -2.20. The van der Waals surface area contributed by atoms with Crippen LogP contribution in [-0.2, 0) is 0 Å². The van der Waals surface area contributed by atoms with Crippen LogP contribution in [0.15, 0.2) is 18.2 Å². The molecule has 0 aliphatic heterocycles. The Bertz CT molecular complexity index is 373. The van der Waals surface area contributed by atoms with Gasteiger partial charge in [0.1, 0.15) is 5.75 Å². The summed E-state index contributed by atoms with van der Waals surface area (Å²) in [5.41, 5.74) is 6.42. The smallest absolute Gasteiger partial charge is 0.122 e. The van der Waals surface area contributed by atoms with E-state index in [0.29, 0.717) is 18.1 Å². The lowest BCUT2D eigenvalue weighted by Gasteiger charge is -2.09. The number of nitrogens with zero attached hydrogens (tertiary/aromatic N) is 1. The monoisotopic (exact) mass is 224 g/mol. The quantitative estimate of drug-likeness (QED) is 0.854. The molecular weight excluding hydrogens is 212 g/mol. The van der Waals surface area contributed by atoms with Crippen molar-refractivity contribution in [1.29, 1.82) is 5.26 Å². The Morgan fingerprint density at radius 1 is 1.60 bits per heavy atom. The first-order valence-electron chi connectivity index (χ1n) is 4.67. The molecule has 1 aromatic rings. The minimum Gasteiger partial charge on any atom is -0.493 e. The molecule has 0 amide bonds. The van der Waals surface area contributed by atoms with Crippen LogP contribution in [0, 0.1) is 18.3 Å². The van der Waals surface area contributed by atoms with E-state index in [4.69, 9.17) is 27.3 Å². The fourth-order valence-electron chi connectivity index (χ4n) is 1.14. The van der Waals surface area contributed by atoms with E-state index in [9.17, 15) is 0 Å². The van der Waals surface area contributed by atoms with Gasteiger partial charge in [0.25, 0.3) is 0 Å². The minimum atomic E-state index is -0.461. The Kier molecular flexibility index (Phi) is 4.41. The van der Waals surface area contributed by atoms with Crippen molar-refractivity contribution >= 4 is 11.6 Å². The molecule has 0 saturated heterocycles. The van der Waals surface area contributed by atoms with Gasteiger partial charge in [0, 0.05) is 11.4 Å². The van der Waals surface area contributed by atoms with Gasteiger partial charge in [-0.25, -0.2) is 0 Å². The molecule has 2 N–H and O–H groups in total. The molecular formula is C11H13ClN2O. The van der Waals surface area contributed by atoms with Crippen LogP contribution in [0.3, 0.4) is 0 Å². The van der Waals surface area contributed by atoms with Gasteiger partial charge in [-0.2, -0.15) is 5.26 Å². The number of aryl methyl sites for hydroxylation is 1. The van der Waals surface area contributed by atoms with Crippen molar-refractivity contribution in [3.63, 3.8) is 0 Å². The molecule has 0 saturated carbocycles. The SMILES string of the molecule is Cc1cc(Cl)ccc1OCCC(N)C#N. The largest absolute Gasteiger partial charge is 0.493 e. The molecule has 0 bridgehead atoms. The van der Waals surface area contributed by atoms with Crippen LogP contribution < -0.4 is 10.5 Å². The molecule has 0 aliphatic carbocycles. The molecule has 4 heteroatoms. The van der Waals surface area contributed by atoms with Crippen molar-refractivity contribution < 1.29 is 4.74 Å². The maximum atomic E-state index is 8.47. The number of hydrogen-bond donors (Lipinski definition) is 1. The zero-order valence-electron chi connectivity index (χ0n) is 8.53. The van der Waals surface area contributed by atoms with Crippen molar-refractivity contribution in [2.24, 2.45) is 5.73 Å². The van der Waals surface area contributed by atoms with Crippen molar-refractivity contribution in [2.45, 2.75) is 19.4 Å². The summed E-state index contributed by atoms with van der Waals surface area (Å²) in [6.45, 7) is 2.36. The highest BCUT2D eigenvalue weighted by molar-refractivity contribution is 6.30. The number of benzene rings is 1. The zero-order chi connectivity index (χ0) is 11.3. The summed E-state index contributed by atoms with van der Waals surface area (Å²) in [5.74, 6) is 0.782. The Labute approximate surface area is 94.4 Å². The van der Waals surface area contributed by atoms with E-state index in [0.717, 1.165) is 11.3 Å². The maximum absolute atomic E-state index is 8.47. The first-order chi connectivity index (χ1) is 7.13. The second kappa shape index (κ2) is 5.59. The van der Waals surface area contributed by atoms with Crippen LogP contribution >= 0.6 is 11.6 Å². The summed E-state index contributed by atoms with van der Waals surface area (Å²) >= 11 is 5.81. The molecule has 1 rings (SSSR count). The summed E-state index contributed by atoms with van der Waals surface area (Å²) in [4.78, 5) is 0. The van der Waals surface area contributed by atoms with Gasteiger partial charge >= 0.3 is 0 Å². The number of rotatable bonds is 4. The first-order valence-corrected chi connectivity index (χ1v) is 5.05. The highest BCUT2D eigenvalue weighted by Crippen LogP contribution is 2.21. The second-order valence-electron chi connectivity index (χ2n) is 3.28. The van der Waals surface area contributed by atoms with Crippen LogP contribution in [0.1, 0.15) is 12.0 Å². The molecule has 3 nitrogen and oxygen atoms in total. The summed E-state index contributed by atoms with van der Waals surface area (Å²) < 4.78 is 5.47. The van der Waals surface area contributed by atoms with Gasteiger partial charge < -0.3 is 10.5 Å². The van der Waals surface area contributed by atoms with E-state index in [1.54, 1.807) is 6.07 Å². The van der Waals surface area contributed by atoms with Gasteiger partial charge in [-0.1, -0.05) is 11.6 Å². The van der Waals surface area contributed by atoms with Crippen LogP contribution in [0.2, 0.25) is 5.02 Å². The van der Waals surface area contributed by atoms with E-state index in [2.05, 4.69) is 0 Å². The third-order valence-corrected chi connectivity index (χ3v) is 2.22. The lowest BCUT2D eigenvalue weighted by molar-refractivity contribution is 0.304. The predicted molar refractivity (Wildman–Crippen MR) is 59.9 cm³/mol. The van der Waals surface area contributed by atoms with Crippen LogP contribution in [-0.4, -0.2) is 12.6 Å². The van der Waals surface area contributed by atoms with E-state index < -0.39 is 6.04 Å². The molecule has 1 atom stereocenters. The predicted octanol–water partition coefficient (Wildman–Crippen LogP) is 2.27. The van der Waals surface area contributed by atoms with Gasteiger partial charge in [0.15, 0.2) is 0 Å². The topological polar surface area (TPSA) is 59.0 Å². The first kappa shape index (κ1) is 11.8. The van der Waals surface area contributed by atoms with Crippen molar-refractivity contribution in [2.75, 3.05) is 6.61 Å². The van der Waals surface area contributed by atoms with Crippen molar-refractivity contribution in [3.8, 4) is 11.8 Å². The van der Waals surface area contributed by atoms with Crippen LogP contribution in [0.5, 0.6) is 5.75 Å². The maximum Gasteiger partial charge on any atom is 0.122 e. The Morgan fingerprint density at radius 3 is 2.93 bits per heavy atom. The van der Waals surface area contributed by atoms with Gasteiger partial charge in [0.05, 0.1) is 18.7 Å². The average Bonchev–Trinajstić information content (AvgIpc) is 2.21. The molecule has 80 valence electrons. The molecule has 0 radical (unpaired) electrons. The number of nitriles is 1. The van der Waals surface area contributed by atoms with Gasteiger partial charge in [-0.15, -0.1) is 0 Å². The standard InChI is InChI=1S/C11H13ClN2O/c1-8-6-9(12)2-3-11(8)15-5-4-10(14)7-13/h2-3,6,10H,4-5,14H2,1H3. The van der Waals surface area contributed by atoms with E-state index in [1.165, 1.54) is 0 Å².